The summed E-state index contributed by atoms with van der Waals surface area (Å²) in [7, 11) is 0. The fraction of sp³-hybridized carbons (Fsp3) is 0.294. The van der Waals surface area contributed by atoms with Gasteiger partial charge in [0.25, 0.3) is 0 Å². The van der Waals surface area contributed by atoms with Gasteiger partial charge in [0, 0.05) is 11.1 Å². The Morgan fingerprint density at radius 1 is 1.00 bits per heavy atom. The maximum Gasteiger partial charge on any atom is 0.129 e. The minimum Gasteiger partial charge on any atom is -0.483 e. The number of allylic oxidation sites excluding steroid dienone is 1. The average molecular weight is 238 g/mol. The van der Waals surface area contributed by atoms with Gasteiger partial charge in [0.15, 0.2) is 0 Å². The van der Waals surface area contributed by atoms with Gasteiger partial charge in [-0.05, 0) is 56.2 Å². The van der Waals surface area contributed by atoms with Crippen molar-refractivity contribution >= 4 is 16.5 Å². The summed E-state index contributed by atoms with van der Waals surface area (Å²) in [6.07, 6.45) is 0. The first kappa shape index (κ1) is 11.3. The molecule has 0 amide bonds. The number of ether oxygens (including phenoxy) is 1. The van der Waals surface area contributed by atoms with Crippen LogP contribution in [-0.4, -0.2) is 0 Å². The van der Waals surface area contributed by atoms with Crippen LogP contribution in [0.25, 0.3) is 16.5 Å². The van der Waals surface area contributed by atoms with Gasteiger partial charge in [-0.15, -0.1) is 0 Å². The third-order valence-corrected chi connectivity index (χ3v) is 3.59. The minimum atomic E-state index is -0.230. The summed E-state index contributed by atoms with van der Waals surface area (Å²) in [6, 6.07) is 13.0. The van der Waals surface area contributed by atoms with E-state index in [-0.39, 0.29) is 5.60 Å². The van der Waals surface area contributed by atoms with E-state index >= 15 is 0 Å². The second-order valence-corrected chi connectivity index (χ2v) is 5.69. The lowest BCUT2D eigenvalue weighted by molar-refractivity contribution is 0.0920. The molecule has 1 heteroatoms. The Hall–Kier alpha value is -1.76. The van der Waals surface area contributed by atoms with Crippen molar-refractivity contribution in [3.05, 3.63) is 53.1 Å². The van der Waals surface area contributed by atoms with Crippen LogP contribution in [0.5, 0.6) is 0 Å². The minimum absolute atomic E-state index is 0.230. The number of hydrogen-bond acceptors (Lipinski definition) is 1. The topological polar surface area (TPSA) is 9.23 Å². The van der Waals surface area contributed by atoms with Crippen LogP contribution in [0.1, 0.15) is 38.8 Å². The van der Waals surface area contributed by atoms with Crippen molar-refractivity contribution < 1.29 is 4.74 Å². The van der Waals surface area contributed by atoms with Crippen molar-refractivity contribution in [1.29, 1.82) is 0 Å². The third-order valence-electron chi connectivity index (χ3n) is 3.59. The Morgan fingerprint density at radius 3 is 2.22 bits per heavy atom. The van der Waals surface area contributed by atoms with Gasteiger partial charge in [-0.1, -0.05) is 24.3 Å². The Kier molecular flexibility index (Phi) is 2.28. The predicted molar refractivity (Wildman–Crippen MR) is 76.3 cm³/mol. The van der Waals surface area contributed by atoms with E-state index < -0.39 is 0 Å². The molecule has 1 heterocycles. The zero-order valence-corrected chi connectivity index (χ0v) is 11.4. The molecule has 0 fully saturated rings. The van der Waals surface area contributed by atoms with Crippen molar-refractivity contribution in [1.82, 2.24) is 0 Å². The predicted octanol–water partition coefficient (Wildman–Crippen LogP) is 4.86. The number of benzene rings is 2. The van der Waals surface area contributed by atoms with Crippen molar-refractivity contribution in [2.45, 2.75) is 33.3 Å². The largest absolute Gasteiger partial charge is 0.483 e. The second-order valence-electron chi connectivity index (χ2n) is 5.69. The maximum absolute atomic E-state index is 6.13. The van der Waals surface area contributed by atoms with E-state index in [1.165, 1.54) is 27.5 Å². The van der Waals surface area contributed by atoms with Crippen molar-refractivity contribution in [3.8, 4) is 0 Å². The molecule has 0 aromatic heterocycles. The Morgan fingerprint density at radius 2 is 1.61 bits per heavy atom. The quantitative estimate of drug-likeness (QED) is 0.637. The lowest BCUT2D eigenvalue weighted by Gasteiger charge is -2.19. The number of fused-ring (bicyclic) bond motifs is 2. The van der Waals surface area contributed by atoms with Gasteiger partial charge in [-0.2, -0.15) is 0 Å². The molecule has 0 radical (unpaired) electrons. The highest BCUT2D eigenvalue weighted by Crippen LogP contribution is 2.45. The highest BCUT2D eigenvalue weighted by atomic mass is 16.5. The van der Waals surface area contributed by atoms with E-state index in [4.69, 9.17) is 4.74 Å². The highest BCUT2D eigenvalue weighted by Gasteiger charge is 2.35. The molecular weight excluding hydrogens is 220 g/mol. The highest BCUT2D eigenvalue weighted by molar-refractivity contribution is 5.88. The standard InChI is InChI=1S/C17H18O/c1-11(2)16-14-9-12-7-5-6-8-13(12)10-15(14)17(3,4)18-16/h5-10H,1-4H3. The van der Waals surface area contributed by atoms with E-state index in [2.05, 4.69) is 64.1 Å². The first-order chi connectivity index (χ1) is 8.49. The van der Waals surface area contributed by atoms with Crippen LogP contribution in [0.4, 0.5) is 0 Å². The van der Waals surface area contributed by atoms with E-state index in [1.807, 2.05) is 0 Å². The Balaban J connectivity index is 2.38. The average Bonchev–Trinajstić information content (AvgIpc) is 2.59. The summed E-state index contributed by atoms with van der Waals surface area (Å²) in [5.41, 5.74) is 3.54. The molecule has 0 atom stereocenters. The van der Waals surface area contributed by atoms with Crippen LogP contribution in [0, 0.1) is 0 Å². The molecule has 0 aliphatic carbocycles. The fourth-order valence-electron chi connectivity index (χ4n) is 2.66. The normalized spacial score (nSPS) is 16.6. The van der Waals surface area contributed by atoms with Crippen molar-refractivity contribution in [3.63, 3.8) is 0 Å². The van der Waals surface area contributed by atoms with Crippen LogP contribution in [-0.2, 0) is 10.3 Å². The Labute approximate surface area is 108 Å². The smallest absolute Gasteiger partial charge is 0.129 e. The molecule has 1 aliphatic heterocycles. The van der Waals surface area contributed by atoms with E-state index in [1.54, 1.807) is 0 Å². The monoisotopic (exact) mass is 238 g/mol. The van der Waals surface area contributed by atoms with Crippen LogP contribution in [0.2, 0.25) is 0 Å². The summed E-state index contributed by atoms with van der Waals surface area (Å²) in [5.74, 6) is 1.04. The molecule has 2 aromatic rings. The molecule has 2 aromatic carbocycles. The van der Waals surface area contributed by atoms with E-state index in [9.17, 15) is 0 Å². The first-order valence-corrected chi connectivity index (χ1v) is 6.39. The lowest BCUT2D eigenvalue weighted by Crippen LogP contribution is -2.14. The molecule has 3 rings (SSSR count). The van der Waals surface area contributed by atoms with Crippen LogP contribution >= 0.6 is 0 Å². The molecule has 0 unspecified atom stereocenters. The van der Waals surface area contributed by atoms with Gasteiger partial charge in [-0.3, -0.25) is 0 Å². The zero-order valence-electron chi connectivity index (χ0n) is 11.4. The van der Waals surface area contributed by atoms with E-state index in [0.717, 1.165) is 5.76 Å². The zero-order chi connectivity index (χ0) is 12.9. The van der Waals surface area contributed by atoms with Crippen LogP contribution < -0.4 is 0 Å². The molecule has 92 valence electrons. The number of rotatable bonds is 0. The summed E-state index contributed by atoms with van der Waals surface area (Å²) in [4.78, 5) is 0. The Bertz CT molecular complexity index is 658. The van der Waals surface area contributed by atoms with Crippen LogP contribution in [0.3, 0.4) is 0 Å². The summed E-state index contributed by atoms with van der Waals surface area (Å²) in [6.45, 7) is 8.48. The van der Waals surface area contributed by atoms with E-state index in [0.29, 0.717) is 0 Å². The molecule has 1 nitrogen and oxygen atoms in total. The molecule has 0 N–H and O–H groups in total. The lowest BCUT2D eigenvalue weighted by atomic mass is 9.92. The SMILES string of the molecule is CC(C)=C1OC(C)(C)c2cc3ccccc3cc21. The molecule has 18 heavy (non-hydrogen) atoms. The van der Waals surface area contributed by atoms with Crippen molar-refractivity contribution in [2.75, 3.05) is 0 Å². The van der Waals surface area contributed by atoms with Gasteiger partial charge in [0.1, 0.15) is 11.4 Å². The fourth-order valence-corrected chi connectivity index (χ4v) is 2.66. The molecule has 0 saturated heterocycles. The van der Waals surface area contributed by atoms with Gasteiger partial charge >= 0.3 is 0 Å². The molecule has 0 saturated carbocycles. The van der Waals surface area contributed by atoms with Gasteiger partial charge in [-0.25, -0.2) is 0 Å². The second kappa shape index (κ2) is 3.61. The summed E-state index contributed by atoms with van der Waals surface area (Å²) in [5, 5.41) is 2.55. The third kappa shape index (κ3) is 1.54. The summed E-state index contributed by atoms with van der Waals surface area (Å²) >= 11 is 0. The molecular formula is C17H18O. The van der Waals surface area contributed by atoms with Gasteiger partial charge < -0.3 is 4.74 Å². The van der Waals surface area contributed by atoms with Crippen molar-refractivity contribution in [2.24, 2.45) is 0 Å². The number of hydrogen-bond donors (Lipinski definition) is 0. The molecule has 1 aliphatic rings. The maximum atomic E-state index is 6.13. The molecule has 0 bridgehead atoms. The summed E-state index contributed by atoms with van der Waals surface area (Å²) < 4.78 is 6.13. The van der Waals surface area contributed by atoms with Gasteiger partial charge in [0.2, 0.25) is 0 Å². The van der Waals surface area contributed by atoms with Gasteiger partial charge in [0.05, 0.1) is 0 Å². The molecule has 0 spiro atoms. The first-order valence-electron chi connectivity index (χ1n) is 6.39. The van der Waals surface area contributed by atoms with Crippen LogP contribution in [0.15, 0.2) is 42.0 Å².